The maximum Gasteiger partial charge on any atom is 0.251 e. The number of nitrogens with one attached hydrogen (secondary N) is 1. The van der Waals surface area contributed by atoms with Gasteiger partial charge in [-0.15, -0.1) is 0 Å². The summed E-state index contributed by atoms with van der Waals surface area (Å²) in [5.74, 6) is 1.27. The number of hydrogen-bond acceptors (Lipinski definition) is 3. The highest BCUT2D eigenvalue weighted by Gasteiger charge is 2.53. The molecule has 102 valence electrons. The van der Waals surface area contributed by atoms with Crippen LogP contribution in [0.3, 0.4) is 0 Å². The molecule has 0 unspecified atom stereocenters. The Balaban J connectivity index is 1.65. The predicted molar refractivity (Wildman–Crippen MR) is 74.8 cm³/mol. The third kappa shape index (κ3) is 2.57. The molecule has 2 aliphatic rings. The minimum Gasteiger partial charge on any atom is -0.384 e. The number of nitrogen functional groups attached to an aromatic ring is 1. The zero-order chi connectivity index (χ0) is 13.5. The molecule has 1 aromatic rings. The van der Waals surface area contributed by atoms with E-state index in [0.29, 0.717) is 16.8 Å². The zero-order valence-corrected chi connectivity index (χ0v) is 11.4. The Morgan fingerprint density at radius 2 is 2.21 bits per heavy atom. The summed E-state index contributed by atoms with van der Waals surface area (Å²) in [6, 6.07) is 3.49. The second kappa shape index (κ2) is 4.51. The van der Waals surface area contributed by atoms with Gasteiger partial charge in [-0.05, 0) is 55.6 Å². The first-order valence-corrected chi connectivity index (χ1v) is 7.17. The SMILES string of the molecule is CCc1cc(C(=O)NCC2(C3CC3)CC2)cc(N)n1. The van der Waals surface area contributed by atoms with E-state index in [9.17, 15) is 4.79 Å². The molecule has 0 aliphatic heterocycles. The van der Waals surface area contributed by atoms with Crippen LogP contribution in [0, 0.1) is 11.3 Å². The molecular weight excluding hydrogens is 238 g/mol. The summed E-state index contributed by atoms with van der Waals surface area (Å²) in [6.45, 7) is 2.83. The predicted octanol–water partition coefficient (Wildman–Crippen LogP) is 2.15. The molecule has 0 atom stereocenters. The first-order chi connectivity index (χ1) is 9.13. The molecule has 2 saturated carbocycles. The van der Waals surface area contributed by atoms with Gasteiger partial charge in [-0.3, -0.25) is 4.79 Å². The van der Waals surface area contributed by atoms with E-state index in [-0.39, 0.29) is 5.91 Å². The first-order valence-electron chi connectivity index (χ1n) is 7.17. The van der Waals surface area contributed by atoms with Gasteiger partial charge < -0.3 is 11.1 Å². The molecule has 1 heterocycles. The molecule has 2 fully saturated rings. The lowest BCUT2D eigenvalue weighted by Gasteiger charge is -2.15. The molecule has 0 radical (unpaired) electrons. The highest BCUT2D eigenvalue weighted by Crippen LogP contribution is 2.60. The van der Waals surface area contributed by atoms with Crippen molar-refractivity contribution in [1.29, 1.82) is 0 Å². The molecule has 1 aromatic heterocycles. The van der Waals surface area contributed by atoms with Gasteiger partial charge in [0.1, 0.15) is 5.82 Å². The summed E-state index contributed by atoms with van der Waals surface area (Å²) in [5.41, 5.74) is 7.67. The average Bonchev–Trinajstić information content (AvgIpc) is 3.27. The van der Waals surface area contributed by atoms with E-state index in [1.165, 1.54) is 25.7 Å². The average molecular weight is 259 g/mol. The normalized spacial score (nSPS) is 20.1. The number of anilines is 1. The molecule has 0 bridgehead atoms. The maximum absolute atomic E-state index is 12.2. The molecule has 0 saturated heterocycles. The van der Waals surface area contributed by atoms with Crippen molar-refractivity contribution < 1.29 is 4.79 Å². The molecule has 2 aliphatic carbocycles. The highest BCUT2D eigenvalue weighted by molar-refractivity contribution is 5.95. The third-order valence-corrected chi connectivity index (χ3v) is 4.46. The lowest BCUT2D eigenvalue weighted by atomic mass is 10.0. The summed E-state index contributed by atoms with van der Waals surface area (Å²) in [5, 5.41) is 3.08. The van der Waals surface area contributed by atoms with Gasteiger partial charge in [0.25, 0.3) is 5.91 Å². The molecule has 1 amide bonds. The fourth-order valence-electron chi connectivity index (χ4n) is 2.87. The van der Waals surface area contributed by atoms with Crippen LogP contribution in [-0.4, -0.2) is 17.4 Å². The van der Waals surface area contributed by atoms with Gasteiger partial charge in [0.2, 0.25) is 0 Å². The second-order valence-electron chi connectivity index (χ2n) is 5.94. The summed E-state index contributed by atoms with van der Waals surface area (Å²) in [4.78, 5) is 16.4. The van der Waals surface area contributed by atoms with E-state index < -0.39 is 0 Å². The Morgan fingerprint density at radius 3 is 2.79 bits per heavy atom. The lowest BCUT2D eigenvalue weighted by molar-refractivity contribution is 0.0942. The quantitative estimate of drug-likeness (QED) is 0.851. The minimum absolute atomic E-state index is 0.0178. The summed E-state index contributed by atoms with van der Waals surface area (Å²) < 4.78 is 0. The van der Waals surface area contributed by atoms with E-state index in [1.54, 1.807) is 6.07 Å². The van der Waals surface area contributed by atoms with Crippen molar-refractivity contribution in [3.63, 3.8) is 0 Å². The molecule has 4 nitrogen and oxygen atoms in total. The molecule has 19 heavy (non-hydrogen) atoms. The first kappa shape index (κ1) is 12.5. The number of carbonyl (C=O) groups excluding carboxylic acids is 1. The zero-order valence-electron chi connectivity index (χ0n) is 11.4. The smallest absolute Gasteiger partial charge is 0.251 e. The number of hydrogen-bond donors (Lipinski definition) is 2. The van der Waals surface area contributed by atoms with Crippen molar-refractivity contribution in [3.8, 4) is 0 Å². The number of carbonyl (C=O) groups is 1. The highest BCUT2D eigenvalue weighted by atomic mass is 16.1. The van der Waals surface area contributed by atoms with Crippen LogP contribution in [-0.2, 0) is 6.42 Å². The fourth-order valence-corrected chi connectivity index (χ4v) is 2.87. The van der Waals surface area contributed by atoms with Gasteiger partial charge in [0, 0.05) is 17.8 Å². The van der Waals surface area contributed by atoms with Crippen molar-refractivity contribution in [2.45, 2.75) is 39.0 Å². The molecule has 4 heteroatoms. The van der Waals surface area contributed by atoms with Gasteiger partial charge in [-0.1, -0.05) is 6.92 Å². The number of pyridine rings is 1. The van der Waals surface area contributed by atoms with Crippen LogP contribution in [0.25, 0.3) is 0 Å². The number of nitrogens with zero attached hydrogens (tertiary/aromatic N) is 1. The number of amides is 1. The lowest BCUT2D eigenvalue weighted by Crippen LogP contribution is -2.31. The van der Waals surface area contributed by atoms with Crippen molar-refractivity contribution in [3.05, 3.63) is 23.4 Å². The Kier molecular flexibility index (Phi) is 2.96. The van der Waals surface area contributed by atoms with E-state index in [4.69, 9.17) is 5.73 Å². The number of aryl methyl sites for hydroxylation is 1. The van der Waals surface area contributed by atoms with Gasteiger partial charge in [0.05, 0.1) is 0 Å². The molecule has 0 aromatic carbocycles. The van der Waals surface area contributed by atoms with Crippen molar-refractivity contribution >= 4 is 11.7 Å². The van der Waals surface area contributed by atoms with Crippen LogP contribution in [0.2, 0.25) is 0 Å². The Labute approximate surface area is 113 Å². The van der Waals surface area contributed by atoms with Crippen LogP contribution in [0.1, 0.15) is 48.7 Å². The monoisotopic (exact) mass is 259 g/mol. The third-order valence-electron chi connectivity index (χ3n) is 4.46. The number of rotatable bonds is 5. The Bertz CT molecular complexity index is 504. The molecular formula is C15H21N3O. The minimum atomic E-state index is -0.0178. The van der Waals surface area contributed by atoms with Gasteiger partial charge in [0.15, 0.2) is 0 Å². The Hall–Kier alpha value is -1.58. The van der Waals surface area contributed by atoms with Crippen LogP contribution in [0.4, 0.5) is 5.82 Å². The van der Waals surface area contributed by atoms with Crippen molar-refractivity contribution in [2.24, 2.45) is 11.3 Å². The van der Waals surface area contributed by atoms with Gasteiger partial charge in [-0.2, -0.15) is 0 Å². The van der Waals surface area contributed by atoms with E-state index in [0.717, 1.165) is 24.6 Å². The van der Waals surface area contributed by atoms with Crippen LogP contribution >= 0.6 is 0 Å². The summed E-state index contributed by atoms with van der Waals surface area (Å²) >= 11 is 0. The van der Waals surface area contributed by atoms with Crippen LogP contribution in [0.15, 0.2) is 12.1 Å². The van der Waals surface area contributed by atoms with Crippen LogP contribution < -0.4 is 11.1 Å². The summed E-state index contributed by atoms with van der Waals surface area (Å²) in [6.07, 6.45) is 6.03. The topological polar surface area (TPSA) is 68.0 Å². The molecule has 0 spiro atoms. The second-order valence-corrected chi connectivity index (χ2v) is 5.94. The van der Waals surface area contributed by atoms with Gasteiger partial charge >= 0.3 is 0 Å². The summed E-state index contributed by atoms with van der Waals surface area (Å²) in [7, 11) is 0. The van der Waals surface area contributed by atoms with Gasteiger partial charge in [-0.25, -0.2) is 4.98 Å². The number of aromatic nitrogens is 1. The molecule has 3 rings (SSSR count). The number of nitrogens with two attached hydrogens (primary N) is 1. The fraction of sp³-hybridized carbons (Fsp3) is 0.600. The standard InChI is InChI=1S/C15H21N3O/c1-2-12-7-10(8-13(16)18-12)14(19)17-9-15(5-6-15)11-3-4-11/h7-8,11H,2-6,9H2,1H3,(H2,16,18)(H,17,19). The largest absolute Gasteiger partial charge is 0.384 e. The van der Waals surface area contributed by atoms with Crippen molar-refractivity contribution in [2.75, 3.05) is 12.3 Å². The van der Waals surface area contributed by atoms with E-state index in [1.807, 2.05) is 13.0 Å². The van der Waals surface area contributed by atoms with E-state index >= 15 is 0 Å². The maximum atomic E-state index is 12.2. The van der Waals surface area contributed by atoms with E-state index in [2.05, 4.69) is 10.3 Å². The molecule has 3 N–H and O–H groups in total. The van der Waals surface area contributed by atoms with Crippen LogP contribution in [0.5, 0.6) is 0 Å². The van der Waals surface area contributed by atoms with Crippen molar-refractivity contribution in [1.82, 2.24) is 10.3 Å². The Morgan fingerprint density at radius 1 is 1.47 bits per heavy atom.